The maximum Gasteiger partial charge on any atom is 0.330 e. The molecule has 5 heteroatoms. The van der Waals surface area contributed by atoms with Crippen LogP contribution in [0.25, 0.3) is 0 Å². The fourth-order valence-electron chi connectivity index (χ4n) is 2.78. The Morgan fingerprint density at radius 1 is 1.00 bits per heavy atom. The highest BCUT2D eigenvalue weighted by Gasteiger charge is 2.42. The number of imide groups is 1. The van der Waals surface area contributed by atoms with Crippen LogP contribution in [0.5, 0.6) is 0 Å². The fourth-order valence-corrected chi connectivity index (χ4v) is 2.78. The summed E-state index contributed by atoms with van der Waals surface area (Å²) in [5, 5.41) is 0. The van der Waals surface area contributed by atoms with Crippen molar-refractivity contribution in [2.24, 2.45) is 0 Å². The van der Waals surface area contributed by atoms with Gasteiger partial charge < -0.3 is 4.74 Å². The molecule has 1 heterocycles. The third kappa shape index (κ3) is 3.21. The number of benzene rings is 2. The van der Waals surface area contributed by atoms with Crippen LogP contribution in [-0.4, -0.2) is 28.7 Å². The molecule has 1 unspecified atom stereocenters. The first-order valence-electron chi connectivity index (χ1n) is 7.92. The van der Waals surface area contributed by atoms with E-state index >= 15 is 0 Å². The lowest BCUT2D eigenvalue weighted by atomic mass is 10.1. The minimum atomic E-state index is -1.02. The van der Waals surface area contributed by atoms with Crippen LogP contribution in [-0.2, 0) is 16.1 Å². The molecular weight excluding hydrogens is 318 g/mol. The quantitative estimate of drug-likeness (QED) is 0.462. The third-order valence-corrected chi connectivity index (χ3v) is 4.02. The van der Waals surface area contributed by atoms with Crippen LogP contribution in [0.2, 0.25) is 0 Å². The lowest BCUT2D eigenvalue weighted by molar-refractivity contribution is -0.149. The highest BCUT2D eigenvalue weighted by atomic mass is 16.5. The first-order valence-corrected chi connectivity index (χ1v) is 7.92. The van der Waals surface area contributed by atoms with Crippen molar-refractivity contribution >= 4 is 17.8 Å². The molecule has 0 saturated carbocycles. The summed E-state index contributed by atoms with van der Waals surface area (Å²) in [5.74, 6) is -1.59. The summed E-state index contributed by atoms with van der Waals surface area (Å²) >= 11 is 0. The lowest BCUT2D eigenvalue weighted by Crippen LogP contribution is -2.45. The fraction of sp³-hybridized carbons (Fsp3) is 0.150. The summed E-state index contributed by atoms with van der Waals surface area (Å²) in [7, 11) is 0. The van der Waals surface area contributed by atoms with Gasteiger partial charge in [0, 0.05) is 0 Å². The molecule has 1 aliphatic rings. The SMILES string of the molecule is C=CCC(C(=O)OCc1ccccc1)N1C(=O)c2ccccc2C1=O. The molecule has 0 fully saturated rings. The summed E-state index contributed by atoms with van der Waals surface area (Å²) in [6.07, 6.45) is 1.64. The van der Waals surface area contributed by atoms with Gasteiger partial charge >= 0.3 is 5.97 Å². The molecule has 2 amide bonds. The minimum absolute atomic E-state index is 0.0798. The summed E-state index contributed by atoms with van der Waals surface area (Å²) in [6, 6.07) is 14.7. The average Bonchev–Trinajstić information content (AvgIpc) is 2.90. The second-order valence-electron chi connectivity index (χ2n) is 5.66. The normalized spacial score (nSPS) is 14.2. The van der Waals surface area contributed by atoms with Crippen LogP contribution in [0.1, 0.15) is 32.7 Å². The van der Waals surface area contributed by atoms with Crippen LogP contribution in [0, 0.1) is 0 Å². The van der Waals surface area contributed by atoms with Crippen molar-refractivity contribution in [1.29, 1.82) is 0 Å². The number of carbonyl (C=O) groups excluding carboxylic acids is 3. The Morgan fingerprint density at radius 2 is 1.56 bits per heavy atom. The third-order valence-electron chi connectivity index (χ3n) is 4.02. The second-order valence-corrected chi connectivity index (χ2v) is 5.66. The predicted molar refractivity (Wildman–Crippen MR) is 91.8 cm³/mol. The van der Waals surface area contributed by atoms with E-state index in [0.29, 0.717) is 11.1 Å². The van der Waals surface area contributed by atoms with Crippen LogP contribution >= 0.6 is 0 Å². The number of nitrogens with zero attached hydrogens (tertiary/aromatic N) is 1. The van der Waals surface area contributed by atoms with Gasteiger partial charge in [-0.3, -0.25) is 14.5 Å². The number of amides is 2. The Hall–Kier alpha value is -3.21. The molecule has 1 aliphatic heterocycles. The molecule has 126 valence electrons. The maximum atomic E-state index is 12.6. The number of hydrogen-bond acceptors (Lipinski definition) is 4. The number of fused-ring (bicyclic) bond motifs is 1. The van der Waals surface area contributed by atoms with Gasteiger partial charge in [-0.15, -0.1) is 6.58 Å². The van der Waals surface area contributed by atoms with E-state index in [0.717, 1.165) is 10.5 Å². The monoisotopic (exact) mass is 335 g/mol. The van der Waals surface area contributed by atoms with E-state index in [-0.39, 0.29) is 13.0 Å². The van der Waals surface area contributed by atoms with Gasteiger partial charge in [0.25, 0.3) is 11.8 Å². The van der Waals surface area contributed by atoms with Gasteiger partial charge in [-0.25, -0.2) is 4.79 Å². The van der Waals surface area contributed by atoms with E-state index in [1.807, 2.05) is 30.3 Å². The van der Waals surface area contributed by atoms with E-state index < -0.39 is 23.8 Å². The first kappa shape index (κ1) is 16.6. The zero-order valence-electron chi connectivity index (χ0n) is 13.6. The number of hydrogen-bond donors (Lipinski definition) is 0. The summed E-state index contributed by atoms with van der Waals surface area (Å²) in [4.78, 5) is 38.6. The zero-order valence-corrected chi connectivity index (χ0v) is 13.6. The van der Waals surface area contributed by atoms with Crippen molar-refractivity contribution in [3.8, 4) is 0 Å². The zero-order chi connectivity index (χ0) is 17.8. The van der Waals surface area contributed by atoms with Crippen LogP contribution < -0.4 is 0 Å². The van der Waals surface area contributed by atoms with Crippen LogP contribution in [0.4, 0.5) is 0 Å². The number of ether oxygens (including phenoxy) is 1. The van der Waals surface area contributed by atoms with Gasteiger partial charge in [0.1, 0.15) is 12.6 Å². The number of esters is 1. The van der Waals surface area contributed by atoms with E-state index in [1.54, 1.807) is 24.3 Å². The Kier molecular flexibility index (Phi) is 4.75. The highest BCUT2D eigenvalue weighted by Crippen LogP contribution is 2.26. The van der Waals surface area contributed by atoms with E-state index in [2.05, 4.69) is 6.58 Å². The van der Waals surface area contributed by atoms with E-state index in [4.69, 9.17) is 4.74 Å². The van der Waals surface area contributed by atoms with E-state index in [9.17, 15) is 14.4 Å². The average molecular weight is 335 g/mol. The van der Waals surface area contributed by atoms with Crippen molar-refractivity contribution in [1.82, 2.24) is 4.90 Å². The molecule has 0 aliphatic carbocycles. The standard InChI is InChI=1S/C20H17NO4/c1-2-8-17(20(24)25-13-14-9-4-3-5-10-14)21-18(22)15-11-6-7-12-16(15)19(21)23/h2-7,9-12,17H,1,8,13H2. The van der Waals surface area contributed by atoms with Crippen LogP contribution in [0.3, 0.4) is 0 Å². The molecular formula is C20H17NO4. The Morgan fingerprint density at radius 3 is 2.12 bits per heavy atom. The molecule has 5 nitrogen and oxygen atoms in total. The Bertz CT molecular complexity index is 794. The second kappa shape index (κ2) is 7.13. The van der Waals surface area contributed by atoms with Gasteiger partial charge in [-0.2, -0.15) is 0 Å². The topological polar surface area (TPSA) is 63.7 Å². The predicted octanol–water partition coefficient (Wildman–Crippen LogP) is 2.97. The van der Waals surface area contributed by atoms with Crippen molar-refractivity contribution in [2.45, 2.75) is 19.1 Å². The molecule has 0 spiro atoms. The van der Waals surface area contributed by atoms with Crippen molar-refractivity contribution in [2.75, 3.05) is 0 Å². The number of carbonyl (C=O) groups is 3. The molecule has 3 rings (SSSR count). The molecule has 0 saturated heterocycles. The Labute approximate surface area is 145 Å². The van der Waals surface area contributed by atoms with Crippen molar-refractivity contribution in [3.63, 3.8) is 0 Å². The lowest BCUT2D eigenvalue weighted by Gasteiger charge is -2.23. The summed E-state index contributed by atoms with van der Waals surface area (Å²) in [5.41, 5.74) is 1.44. The van der Waals surface area contributed by atoms with Gasteiger partial charge in [0.2, 0.25) is 0 Å². The minimum Gasteiger partial charge on any atom is -0.459 e. The van der Waals surface area contributed by atoms with Crippen LogP contribution in [0.15, 0.2) is 67.3 Å². The molecule has 2 aromatic rings. The van der Waals surface area contributed by atoms with Gasteiger partial charge in [0.15, 0.2) is 0 Å². The molecule has 1 atom stereocenters. The summed E-state index contributed by atoms with van der Waals surface area (Å²) < 4.78 is 5.32. The van der Waals surface area contributed by atoms with Gasteiger partial charge in [-0.1, -0.05) is 48.5 Å². The first-order chi connectivity index (χ1) is 12.1. The molecule has 0 aromatic heterocycles. The van der Waals surface area contributed by atoms with Crippen molar-refractivity contribution < 1.29 is 19.1 Å². The maximum absolute atomic E-state index is 12.6. The summed E-state index contributed by atoms with van der Waals surface area (Å²) in [6.45, 7) is 3.69. The largest absolute Gasteiger partial charge is 0.459 e. The van der Waals surface area contributed by atoms with E-state index in [1.165, 1.54) is 6.08 Å². The number of rotatable bonds is 6. The van der Waals surface area contributed by atoms with Crippen molar-refractivity contribution in [3.05, 3.63) is 83.9 Å². The molecule has 25 heavy (non-hydrogen) atoms. The molecule has 0 N–H and O–H groups in total. The molecule has 2 aromatic carbocycles. The highest BCUT2D eigenvalue weighted by molar-refractivity contribution is 6.22. The van der Waals surface area contributed by atoms with Gasteiger partial charge in [0.05, 0.1) is 11.1 Å². The molecule has 0 bridgehead atoms. The smallest absolute Gasteiger partial charge is 0.330 e. The Balaban J connectivity index is 1.79. The van der Waals surface area contributed by atoms with Gasteiger partial charge in [-0.05, 0) is 24.1 Å². The molecule has 0 radical (unpaired) electrons.